The molecule has 0 atom stereocenters. The second-order valence-corrected chi connectivity index (χ2v) is 9.04. The molecule has 0 spiro atoms. The van der Waals surface area contributed by atoms with Crippen molar-refractivity contribution in [2.24, 2.45) is 0 Å². The molecule has 2 aromatic heterocycles. The number of hydrogen-bond acceptors (Lipinski definition) is 6. The zero-order valence-electron chi connectivity index (χ0n) is 15.4. The number of nitrogens with one attached hydrogen (secondary N) is 2. The van der Waals surface area contributed by atoms with Crippen LogP contribution in [0.1, 0.15) is 53.8 Å². The van der Waals surface area contributed by atoms with E-state index in [-0.39, 0.29) is 17.6 Å². The number of Topliss-reactive ketones (excluding diaryl/α,β-unsaturated/α-hetero) is 1. The average Bonchev–Trinajstić information content (AvgIpc) is 3.25. The van der Waals surface area contributed by atoms with Crippen LogP contribution in [0.25, 0.3) is 0 Å². The predicted octanol–water partition coefficient (Wildman–Crippen LogP) is 5.19. The zero-order chi connectivity index (χ0) is 20.5. The fourth-order valence-corrected chi connectivity index (χ4v) is 5.23. The minimum atomic E-state index is -0.338. The first-order valence-electron chi connectivity index (χ1n) is 8.93. The van der Waals surface area contributed by atoms with Crippen LogP contribution in [0.5, 0.6) is 0 Å². The quantitative estimate of drug-likeness (QED) is 0.578. The number of ketones is 1. The lowest BCUT2D eigenvalue weighted by atomic mass is 10.0. The summed E-state index contributed by atoms with van der Waals surface area (Å²) in [5.74, 6) is -0.569. The minimum absolute atomic E-state index is 0.0844. The maximum absolute atomic E-state index is 12.7. The van der Waals surface area contributed by atoms with Crippen molar-refractivity contribution < 1.29 is 14.4 Å². The van der Waals surface area contributed by atoms with Crippen LogP contribution < -0.4 is 10.6 Å². The van der Waals surface area contributed by atoms with E-state index >= 15 is 0 Å². The van der Waals surface area contributed by atoms with Gasteiger partial charge < -0.3 is 5.32 Å². The summed E-state index contributed by atoms with van der Waals surface area (Å²) in [4.78, 5) is 42.6. The van der Waals surface area contributed by atoms with E-state index in [4.69, 9.17) is 11.6 Å². The normalized spacial score (nSPS) is 13.1. The van der Waals surface area contributed by atoms with Gasteiger partial charge in [-0.1, -0.05) is 35.1 Å². The highest BCUT2D eigenvalue weighted by molar-refractivity contribution is 7.19. The summed E-state index contributed by atoms with van der Waals surface area (Å²) >= 11 is 8.45. The van der Waals surface area contributed by atoms with Crippen molar-refractivity contribution >= 4 is 62.0 Å². The molecule has 9 heteroatoms. The number of amides is 2. The molecule has 0 saturated carbocycles. The van der Waals surface area contributed by atoms with Crippen LogP contribution in [0.15, 0.2) is 30.3 Å². The van der Waals surface area contributed by atoms with Crippen LogP contribution in [0.2, 0.25) is 5.02 Å². The number of halogens is 1. The van der Waals surface area contributed by atoms with Gasteiger partial charge in [0.25, 0.3) is 11.8 Å². The number of fused-ring (bicyclic) bond motifs is 1. The summed E-state index contributed by atoms with van der Waals surface area (Å²) in [6, 6.07) is 8.51. The largest absolute Gasteiger partial charge is 0.313 e. The number of thiazole rings is 1. The summed E-state index contributed by atoms with van der Waals surface area (Å²) in [6.45, 7) is 1.80. The lowest BCUT2D eigenvalue weighted by Crippen LogP contribution is -2.12. The molecule has 148 valence electrons. The van der Waals surface area contributed by atoms with Crippen LogP contribution in [0, 0.1) is 6.92 Å². The van der Waals surface area contributed by atoms with Gasteiger partial charge >= 0.3 is 0 Å². The molecular formula is C20H16ClN3O3S2. The molecule has 0 radical (unpaired) electrons. The lowest BCUT2D eigenvalue weighted by Gasteiger charge is -2.05. The number of nitrogens with zero attached hydrogens (tertiary/aromatic N) is 1. The van der Waals surface area contributed by atoms with E-state index in [0.29, 0.717) is 36.9 Å². The van der Waals surface area contributed by atoms with Crippen LogP contribution in [0.3, 0.4) is 0 Å². The van der Waals surface area contributed by atoms with Crippen LogP contribution in [-0.4, -0.2) is 22.6 Å². The molecule has 29 heavy (non-hydrogen) atoms. The Morgan fingerprint density at radius 1 is 1.10 bits per heavy atom. The first-order chi connectivity index (χ1) is 13.9. The summed E-state index contributed by atoms with van der Waals surface area (Å²) < 4.78 is 0. The Kier molecular flexibility index (Phi) is 5.49. The predicted molar refractivity (Wildman–Crippen MR) is 116 cm³/mol. The Balaban J connectivity index is 1.49. The topological polar surface area (TPSA) is 88.2 Å². The van der Waals surface area contributed by atoms with Crippen molar-refractivity contribution in [1.82, 2.24) is 4.98 Å². The number of thiophene rings is 1. The number of aromatic nitrogens is 1. The Morgan fingerprint density at radius 2 is 1.90 bits per heavy atom. The number of benzene rings is 1. The van der Waals surface area contributed by atoms with Gasteiger partial charge in [-0.2, -0.15) is 0 Å². The van der Waals surface area contributed by atoms with E-state index in [2.05, 4.69) is 15.6 Å². The number of carbonyl (C=O) groups is 3. The summed E-state index contributed by atoms with van der Waals surface area (Å²) in [7, 11) is 0. The van der Waals surface area contributed by atoms with Crippen molar-refractivity contribution in [2.45, 2.75) is 26.2 Å². The van der Waals surface area contributed by atoms with Gasteiger partial charge in [-0.05, 0) is 43.5 Å². The highest BCUT2D eigenvalue weighted by atomic mass is 35.5. The van der Waals surface area contributed by atoms with Gasteiger partial charge in [0.15, 0.2) is 10.9 Å². The van der Waals surface area contributed by atoms with Gasteiger partial charge in [-0.3, -0.25) is 19.7 Å². The van der Waals surface area contributed by atoms with Crippen molar-refractivity contribution in [2.75, 3.05) is 10.6 Å². The van der Waals surface area contributed by atoms with E-state index in [9.17, 15) is 14.4 Å². The van der Waals surface area contributed by atoms with Crippen LogP contribution in [-0.2, 0) is 6.42 Å². The molecule has 2 amide bonds. The Morgan fingerprint density at radius 3 is 2.66 bits per heavy atom. The Hall–Kier alpha value is -2.55. The third-order valence-electron chi connectivity index (χ3n) is 4.47. The zero-order valence-corrected chi connectivity index (χ0v) is 17.8. The lowest BCUT2D eigenvalue weighted by molar-refractivity contribution is 0.0974. The average molecular weight is 446 g/mol. The first-order valence-corrected chi connectivity index (χ1v) is 10.9. The molecule has 3 aromatic rings. The summed E-state index contributed by atoms with van der Waals surface area (Å²) in [5.41, 5.74) is 1.86. The van der Waals surface area contributed by atoms with E-state index < -0.39 is 0 Å². The molecule has 2 heterocycles. The summed E-state index contributed by atoms with van der Waals surface area (Å²) in [6.07, 6.45) is 2.08. The van der Waals surface area contributed by atoms with Crippen molar-refractivity contribution in [3.8, 4) is 0 Å². The Bertz CT molecular complexity index is 1140. The molecule has 1 aromatic carbocycles. The summed E-state index contributed by atoms with van der Waals surface area (Å²) in [5, 5.41) is 6.89. The molecule has 6 nitrogen and oxygen atoms in total. The van der Waals surface area contributed by atoms with Gasteiger partial charge in [-0.15, -0.1) is 11.3 Å². The van der Waals surface area contributed by atoms with Crippen LogP contribution in [0.4, 0.5) is 10.1 Å². The molecule has 1 aliphatic carbocycles. The maximum Gasteiger partial charge on any atom is 0.267 e. The van der Waals surface area contributed by atoms with Gasteiger partial charge in [0, 0.05) is 6.42 Å². The highest BCUT2D eigenvalue weighted by Crippen LogP contribution is 2.32. The van der Waals surface area contributed by atoms with E-state index in [1.54, 1.807) is 37.3 Å². The third-order valence-corrected chi connectivity index (χ3v) is 7.00. The van der Waals surface area contributed by atoms with Crippen molar-refractivity contribution in [3.05, 3.63) is 61.9 Å². The smallest absolute Gasteiger partial charge is 0.267 e. The van der Waals surface area contributed by atoms with Gasteiger partial charge in [0.1, 0.15) is 0 Å². The molecule has 0 bridgehead atoms. The van der Waals surface area contributed by atoms with Gasteiger partial charge in [0.05, 0.1) is 31.0 Å². The van der Waals surface area contributed by atoms with E-state index in [0.717, 1.165) is 24.1 Å². The number of aryl methyl sites for hydroxylation is 2. The highest BCUT2D eigenvalue weighted by Gasteiger charge is 2.24. The van der Waals surface area contributed by atoms with Gasteiger partial charge in [-0.25, -0.2) is 4.98 Å². The maximum atomic E-state index is 12.7. The Labute approximate surface area is 179 Å². The third kappa shape index (κ3) is 4.10. The van der Waals surface area contributed by atoms with E-state index in [1.165, 1.54) is 22.7 Å². The fraction of sp³-hybridized carbons (Fsp3) is 0.200. The second-order valence-electron chi connectivity index (χ2n) is 6.58. The molecule has 0 saturated heterocycles. The second kappa shape index (κ2) is 8.06. The first kappa shape index (κ1) is 19.8. The number of rotatable bonds is 4. The molecular weight excluding hydrogens is 430 g/mol. The van der Waals surface area contributed by atoms with Crippen LogP contribution >= 0.6 is 34.3 Å². The molecule has 0 aliphatic heterocycles. The monoisotopic (exact) mass is 445 g/mol. The number of hydrogen-bond donors (Lipinski definition) is 2. The number of anilines is 2. The SMILES string of the molecule is Cc1cc(NC(=O)c2ccccc2Cl)sc1C(=O)Nc1nc2c(s1)C(=O)CCC2. The fourth-order valence-electron chi connectivity index (χ4n) is 3.07. The number of carbonyl (C=O) groups excluding carboxylic acids is 3. The minimum Gasteiger partial charge on any atom is -0.313 e. The van der Waals surface area contributed by atoms with Crippen molar-refractivity contribution in [3.63, 3.8) is 0 Å². The molecule has 2 N–H and O–H groups in total. The van der Waals surface area contributed by atoms with Gasteiger partial charge in [0.2, 0.25) is 0 Å². The molecule has 0 fully saturated rings. The van der Waals surface area contributed by atoms with Crippen molar-refractivity contribution in [1.29, 1.82) is 0 Å². The molecule has 1 aliphatic rings. The van der Waals surface area contributed by atoms with E-state index in [1.807, 2.05) is 0 Å². The molecule has 4 rings (SSSR count). The molecule has 0 unspecified atom stereocenters. The standard InChI is InChI=1S/C20H16ClN3O3S2/c1-10-9-15(23-18(26)11-5-2-3-6-12(11)21)28-16(10)19(27)24-20-22-13-7-4-8-14(25)17(13)29-20/h2-3,5-6,9H,4,7-8H2,1H3,(H,23,26)(H,22,24,27).